The van der Waals surface area contributed by atoms with Crippen molar-refractivity contribution < 1.29 is 73.8 Å². The molecule has 2 saturated heterocycles. The summed E-state index contributed by atoms with van der Waals surface area (Å²) in [5.41, 5.74) is 0. The van der Waals surface area contributed by atoms with Crippen LogP contribution in [0.1, 0.15) is 277 Å². The third kappa shape index (κ3) is 37.0. The minimum Gasteiger partial charge on any atom is -0.462 e. The molecule has 0 saturated carbocycles. The van der Waals surface area contributed by atoms with Crippen LogP contribution < -0.4 is 0 Å². The van der Waals surface area contributed by atoms with Gasteiger partial charge in [0.2, 0.25) is 0 Å². The Bertz CT molecular complexity index is 1460. The second kappa shape index (κ2) is 50.5. The molecule has 15 nitrogen and oxygen atoms in total. The third-order valence-electron chi connectivity index (χ3n) is 15.7. The van der Waals surface area contributed by atoms with Crippen LogP contribution in [0.2, 0.25) is 0 Å². The van der Waals surface area contributed by atoms with Gasteiger partial charge in [-0.05, 0) is 44.9 Å². The van der Waals surface area contributed by atoms with Gasteiger partial charge in [-0.25, -0.2) is 0 Å². The quantitative estimate of drug-likeness (QED) is 0.0171. The van der Waals surface area contributed by atoms with Crippen LogP contribution in [0.25, 0.3) is 0 Å². The molecule has 15 heteroatoms. The maximum atomic E-state index is 13.1. The number of carbonyl (C=O) groups is 2. The predicted octanol–water partition coefficient (Wildman–Crippen LogP) is 12.2. The Morgan fingerprint density at radius 3 is 1.20 bits per heavy atom. The smallest absolute Gasteiger partial charge is 0.306 e. The fourth-order valence-corrected chi connectivity index (χ4v) is 10.4. The SMILES string of the molecule is CCCCC/C=C\C/C=C\CCCCCCCCCCCC(=O)OC(COC(=O)CCCCCCCCCCCCCCCCCCCCCCCCCC)COC1OC(COC2OC(CO)C(O)C(O)C2O)C(O)C(O)C1O. The number of allylic oxidation sites excluding steroid dienone is 4. The van der Waals surface area contributed by atoms with Crippen LogP contribution in [-0.2, 0) is 38.0 Å². The molecule has 0 radical (unpaired) electrons. The number of esters is 2. The van der Waals surface area contributed by atoms with Gasteiger partial charge in [0.1, 0.15) is 55.4 Å². The maximum Gasteiger partial charge on any atom is 0.306 e. The van der Waals surface area contributed by atoms with Crippen molar-refractivity contribution in [1.29, 1.82) is 0 Å². The number of rotatable bonds is 53. The van der Waals surface area contributed by atoms with E-state index in [4.69, 9.17) is 28.4 Å². The fourth-order valence-electron chi connectivity index (χ4n) is 10.4. The maximum absolute atomic E-state index is 13.1. The Kier molecular flexibility index (Phi) is 46.7. The van der Waals surface area contributed by atoms with Gasteiger partial charge in [0.25, 0.3) is 0 Å². The highest BCUT2D eigenvalue weighted by atomic mass is 16.7. The van der Waals surface area contributed by atoms with Crippen LogP contribution in [-0.4, -0.2) is 142 Å². The summed E-state index contributed by atoms with van der Waals surface area (Å²) in [6, 6.07) is 0. The lowest BCUT2D eigenvalue weighted by molar-refractivity contribution is -0.332. The van der Waals surface area contributed by atoms with Gasteiger partial charge in [0.05, 0.1) is 19.8 Å². The molecule has 464 valence electrons. The highest BCUT2D eigenvalue weighted by Crippen LogP contribution is 2.27. The number of ether oxygens (including phenoxy) is 6. The van der Waals surface area contributed by atoms with E-state index in [-0.39, 0.29) is 26.1 Å². The molecular weight excluding hydrogens is 1010 g/mol. The van der Waals surface area contributed by atoms with Crippen molar-refractivity contribution in [3.05, 3.63) is 24.3 Å². The number of unbranched alkanes of at least 4 members (excludes halogenated alkanes) is 35. The molecule has 11 unspecified atom stereocenters. The van der Waals surface area contributed by atoms with Crippen LogP contribution in [0.5, 0.6) is 0 Å². The molecule has 0 spiro atoms. The highest BCUT2D eigenvalue weighted by molar-refractivity contribution is 5.70. The van der Waals surface area contributed by atoms with Crippen molar-refractivity contribution in [2.45, 2.75) is 345 Å². The molecule has 79 heavy (non-hydrogen) atoms. The van der Waals surface area contributed by atoms with Gasteiger partial charge in [0, 0.05) is 12.8 Å². The summed E-state index contributed by atoms with van der Waals surface area (Å²) < 4.78 is 33.8. The predicted molar refractivity (Wildman–Crippen MR) is 312 cm³/mol. The van der Waals surface area contributed by atoms with Crippen molar-refractivity contribution in [3.63, 3.8) is 0 Å². The zero-order valence-electron chi connectivity index (χ0n) is 49.9. The Hall–Kier alpha value is -2.02. The van der Waals surface area contributed by atoms with Crippen molar-refractivity contribution in [1.82, 2.24) is 0 Å². The van der Waals surface area contributed by atoms with E-state index in [0.717, 1.165) is 57.8 Å². The summed E-state index contributed by atoms with van der Waals surface area (Å²) in [6.45, 7) is 2.63. The molecule has 2 rings (SSSR count). The van der Waals surface area contributed by atoms with Gasteiger partial charge in [-0.15, -0.1) is 0 Å². The number of carbonyl (C=O) groups excluding carboxylic acids is 2. The molecule has 2 heterocycles. The summed E-state index contributed by atoms with van der Waals surface area (Å²) >= 11 is 0. The first-order valence-corrected chi connectivity index (χ1v) is 32.4. The molecule has 0 amide bonds. The summed E-state index contributed by atoms with van der Waals surface area (Å²) in [7, 11) is 0. The van der Waals surface area contributed by atoms with Gasteiger partial charge in [-0.2, -0.15) is 0 Å². The van der Waals surface area contributed by atoms with Crippen molar-refractivity contribution >= 4 is 11.9 Å². The summed E-state index contributed by atoms with van der Waals surface area (Å²) in [5.74, 6) is -0.913. The molecule has 0 aliphatic carbocycles. The largest absolute Gasteiger partial charge is 0.462 e. The lowest BCUT2D eigenvalue weighted by atomic mass is 9.98. The van der Waals surface area contributed by atoms with E-state index in [1.807, 2.05) is 0 Å². The minimum atomic E-state index is -1.76. The summed E-state index contributed by atoms with van der Waals surface area (Å²) in [4.78, 5) is 26.0. The first-order valence-electron chi connectivity index (χ1n) is 32.4. The highest BCUT2D eigenvalue weighted by Gasteiger charge is 2.47. The molecule has 0 aromatic heterocycles. The van der Waals surface area contributed by atoms with Gasteiger partial charge >= 0.3 is 11.9 Å². The number of aliphatic hydroxyl groups is 7. The van der Waals surface area contributed by atoms with Gasteiger partial charge in [-0.1, -0.05) is 244 Å². The zero-order chi connectivity index (χ0) is 57.4. The van der Waals surface area contributed by atoms with Gasteiger partial charge < -0.3 is 64.2 Å². The minimum absolute atomic E-state index is 0.164. The third-order valence-corrected chi connectivity index (χ3v) is 15.7. The lowest BCUT2D eigenvalue weighted by Gasteiger charge is -2.42. The van der Waals surface area contributed by atoms with E-state index < -0.39 is 92.7 Å². The lowest BCUT2D eigenvalue weighted by Crippen LogP contribution is -2.61. The zero-order valence-corrected chi connectivity index (χ0v) is 49.9. The topological polar surface area (TPSA) is 231 Å². The van der Waals surface area contributed by atoms with Gasteiger partial charge in [0.15, 0.2) is 18.7 Å². The fraction of sp³-hybridized carbons (Fsp3) is 0.906. The Morgan fingerprint density at radius 1 is 0.405 bits per heavy atom. The standard InChI is InChI=1S/C64H118O15/c1-3-5-7-9-11-13-15-17-19-21-23-24-25-26-27-29-30-32-34-36-38-40-42-44-46-55(66)74-49-52(77-56(67)47-45-43-41-39-37-35-33-31-28-22-20-18-16-14-12-10-8-6-4-2)50-75-63-62(73)60(71)58(69)54(79-63)51-76-64-61(72)59(70)57(68)53(48-65)78-64/h12,14,18,20,52-54,57-65,68-73H,3-11,13,15-17,19,21-51H2,1-2H3/b14-12-,20-18-. The monoisotopic (exact) mass is 1130 g/mol. The van der Waals surface area contributed by atoms with Crippen LogP contribution in [0, 0.1) is 0 Å². The number of hydrogen-bond acceptors (Lipinski definition) is 15. The molecule has 2 aliphatic heterocycles. The second-order valence-electron chi connectivity index (χ2n) is 23.0. The van der Waals surface area contributed by atoms with Crippen molar-refractivity contribution in [2.24, 2.45) is 0 Å². The second-order valence-corrected chi connectivity index (χ2v) is 23.0. The molecule has 0 bridgehead atoms. The first-order chi connectivity index (χ1) is 38.5. The van der Waals surface area contributed by atoms with Crippen LogP contribution in [0.4, 0.5) is 0 Å². The van der Waals surface area contributed by atoms with E-state index >= 15 is 0 Å². The molecule has 7 N–H and O–H groups in total. The van der Waals surface area contributed by atoms with E-state index in [1.165, 1.54) is 180 Å². The molecule has 11 atom stereocenters. The molecule has 2 fully saturated rings. The number of hydrogen-bond donors (Lipinski definition) is 7. The van der Waals surface area contributed by atoms with Crippen LogP contribution in [0.3, 0.4) is 0 Å². The van der Waals surface area contributed by atoms with E-state index in [0.29, 0.717) is 12.8 Å². The average molecular weight is 1130 g/mol. The van der Waals surface area contributed by atoms with Crippen molar-refractivity contribution in [2.75, 3.05) is 26.4 Å². The van der Waals surface area contributed by atoms with Crippen molar-refractivity contribution in [3.8, 4) is 0 Å². The Morgan fingerprint density at radius 2 is 0.759 bits per heavy atom. The molecule has 0 aromatic carbocycles. The molecular formula is C64H118O15. The first kappa shape index (κ1) is 73.1. The Balaban J connectivity index is 1.69. The normalized spacial score (nSPS) is 24.0. The molecule has 0 aromatic rings. The Labute approximate surface area is 479 Å². The van der Waals surface area contributed by atoms with E-state index in [1.54, 1.807) is 0 Å². The van der Waals surface area contributed by atoms with Crippen LogP contribution in [0.15, 0.2) is 24.3 Å². The molecule has 2 aliphatic rings. The van der Waals surface area contributed by atoms with Gasteiger partial charge in [-0.3, -0.25) is 9.59 Å². The number of aliphatic hydroxyl groups excluding tert-OH is 7. The van der Waals surface area contributed by atoms with E-state index in [2.05, 4.69) is 38.2 Å². The summed E-state index contributed by atoms with van der Waals surface area (Å²) in [5, 5.41) is 72.4. The van der Waals surface area contributed by atoms with Crippen LogP contribution >= 0.6 is 0 Å². The summed E-state index contributed by atoms with van der Waals surface area (Å²) in [6.07, 6.45) is 40.6. The average Bonchev–Trinajstić information content (AvgIpc) is 3.52. The van der Waals surface area contributed by atoms with E-state index in [9.17, 15) is 45.3 Å².